The Labute approximate surface area is 140 Å². The second-order valence-electron chi connectivity index (χ2n) is 4.25. The van der Waals surface area contributed by atoms with Crippen molar-refractivity contribution in [1.82, 2.24) is 5.32 Å². The molecule has 2 rings (SSSR count). The van der Waals surface area contributed by atoms with Gasteiger partial charge in [0.15, 0.2) is 5.11 Å². The normalized spacial score (nSPS) is 9.86. The van der Waals surface area contributed by atoms with Gasteiger partial charge >= 0.3 is 0 Å². The van der Waals surface area contributed by atoms with E-state index < -0.39 is 11.9 Å². The van der Waals surface area contributed by atoms with Gasteiger partial charge in [-0.1, -0.05) is 40.2 Å². The van der Waals surface area contributed by atoms with Gasteiger partial charge in [0.2, 0.25) is 0 Å². The molecule has 0 saturated carbocycles. The lowest BCUT2D eigenvalue weighted by Gasteiger charge is -2.14. The summed E-state index contributed by atoms with van der Waals surface area (Å²) in [6, 6.07) is 12.9. The minimum Gasteiger partial charge on any atom is -0.545 e. The summed E-state index contributed by atoms with van der Waals surface area (Å²) in [4.78, 5) is 23.0. The molecule has 2 N–H and O–H groups in total. The van der Waals surface area contributed by atoms with Crippen LogP contribution < -0.4 is 15.7 Å². The first-order chi connectivity index (χ1) is 10.5. The maximum Gasteiger partial charge on any atom is 0.257 e. The Balaban J connectivity index is 2.08. The molecule has 0 radical (unpaired) electrons. The molecule has 22 heavy (non-hydrogen) atoms. The van der Waals surface area contributed by atoms with Crippen molar-refractivity contribution in [1.29, 1.82) is 0 Å². The Morgan fingerprint density at radius 3 is 2.50 bits per heavy atom. The molecule has 0 unspecified atom stereocenters. The zero-order valence-corrected chi connectivity index (χ0v) is 13.5. The van der Waals surface area contributed by atoms with E-state index in [0.29, 0.717) is 5.56 Å². The summed E-state index contributed by atoms with van der Waals surface area (Å²) in [7, 11) is 0. The minimum atomic E-state index is -1.33. The number of anilines is 1. The smallest absolute Gasteiger partial charge is 0.257 e. The van der Waals surface area contributed by atoms with Crippen LogP contribution >= 0.6 is 28.1 Å². The molecule has 1 amide bonds. The number of aromatic carboxylic acids is 1. The summed E-state index contributed by atoms with van der Waals surface area (Å²) in [5, 5.41) is 16.2. The number of hydrogen-bond donors (Lipinski definition) is 2. The van der Waals surface area contributed by atoms with Gasteiger partial charge in [0.05, 0.1) is 5.97 Å². The van der Waals surface area contributed by atoms with Gasteiger partial charge in [-0.3, -0.25) is 10.1 Å². The van der Waals surface area contributed by atoms with Gasteiger partial charge in [-0.05, 0) is 36.5 Å². The van der Waals surface area contributed by atoms with Crippen LogP contribution in [0.4, 0.5) is 5.69 Å². The number of carboxylic acids is 1. The van der Waals surface area contributed by atoms with Gasteiger partial charge in [0.25, 0.3) is 5.91 Å². The lowest BCUT2D eigenvalue weighted by atomic mass is 10.2. The highest BCUT2D eigenvalue weighted by Crippen LogP contribution is 2.14. The Morgan fingerprint density at radius 1 is 1.09 bits per heavy atom. The predicted molar refractivity (Wildman–Crippen MR) is 88.6 cm³/mol. The molecule has 0 aliphatic rings. The predicted octanol–water partition coefficient (Wildman–Crippen LogP) is 1.94. The van der Waals surface area contributed by atoms with E-state index in [1.54, 1.807) is 36.4 Å². The quantitative estimate of drug-likeness (QED) is 0.798. The number of carboxylic acid groups (broad SMARTS) is 1. The molecule has 2 aromatic rings. The third-order valence-electron chi connectivity index (χ3n) is 2.71. The highest BCUT2D eigenvalue weighted by Gasteiger charge is 2.10. The van der Waals surface area contributed by atoms with Crippen molar-refractivity contribution >= 4 is 50.8 Å². The van der Waals surface area contributed by atoms with Crippen LogP contribution in [0.2, 0.25) is 0 Å². The van der Waals surface area contributed by atoms with Crippen molar-refractivity contribution in [3.63, 3.8) is 0 Å². The Morgan fingerprint density at radius 2 is 1.82 bits per heavy atom. The number of thiocarbonyl (C=S) groups is 1. The molecule has 0 saturated heterocycles. The largest absolute Gasteiger partial charge is 0.545 e. The van der Waals surface area contributed by atoms with Crippen LogP contribution in [0, 0.1) is 0 Å². The lowest BCUT2D eigenvalue weighted by Crippen LogP contribution is -2.35. The van der Waals surface area contributed by atoms with E-state index in [-0.39, 0.29) is 16.4 Å². The molecule has 7 heteroatoms. The molecule has 0 aliphatic heterocycles. The van der Waals surface area contributed by atoms with Crippen LogP contribution in [0.5, 0.6) is 0 Å². The first-order valence-electron chi connectivity index (χ1n) is 6.15. The molecule has 0 spiro atoms. The first kappa shape index (κ1) is 16.1. The Hall–Kier alpha value is -2.25. The van der Waals surface area contributed by atoms with Crippen LogP contribution in [-0.4, -0.2) is 17.0 Å². The van der Waals surface area contributed by atoms with Crippen molar-refractivity contribution in [3.8, 4) is 0 Å². The third kappa shape index (κ3) is 4.12. The molecule has 0 aliphatic carbocycles. The lowest BCUT2D eigenvalue weighted by molar-refractivity contribution is -0.254. The number of para-hydroxylation sites is 1. The summed E-state index contributed by atoms with van der Waals surface area (Å²) in [5.74, 6) is -1.73. The molecule has 0 atom stereocenters. The van der Waals surface area contributed by atoms with E-state index in [2.05, 4.69) is 26.6 Å². The first-order valence-corrected chi connectivity index (χ1v) is 7.36. The van der Waals surface area contributed by atoms with E-state index in [0.717, 1.165) is 4.47 Å². The minimum absolute atomic E-state index is 0.00123. The molecule has 0 aromatic heterocycles. The van der Waals surface area contributed by atoms with Crippen LogP contribution in [0.3, 0.4) is 0 Å². The maximum absolute atomic E-state index is 12.0. The van der Waals surface area contributed by atoms with Crippen molar-refractivity contribution in [2.24, 2.45) is 0 Å². The van der Waals surface area contributed by atoms with Crippen molar-refractivity contribution in [2.45, 2.75) is 0 Å². The Kier molecular flexibility index (Phi) is 5.24. The number of carbonyl (C=O) groups excluding carboxylic acids is 2. The molecule has 112 valence electrons. The van der Waals surface area contributed by atoms with Crippen LogP contribution in [0.1, 0.15) is 20.7 Å². The van der Waals surface area contributed by atoms with E-state index in [4.69, 9.17) is 12.2 Å². The number of amides is 1. The van der Waals surface area contributed by atoms with Crippen LogP contribution in [-0.2, 0) is 0 Å². The summed E-state index contributed by atoms with van der Waals surface area (Å²) in [6.45, 7) is 0. The molecule has 5 nitrogen and oxygen atoms in total. The molecule has 2 aromatic carbocycles. The van der Waals surface area contributed by atoms with Gasteiger partial charge in [-0.2, -0.15) is 0 Å². The van der Waals surface area contributed by atoms with Gasteiger partial charge in [0, 0.05) is 21.3 Å². The molecule has 0 fully saturated rings. The van der Waals surface area contributed by atoms with Crippen molar-refractivity contribution in [2.75, 3.05) is 5.32 Å². The van der Waals surface area contributed by atoms with Gasteiger partial charge in [-0.15, -0.1) is 0 Å². The van der Waals surface area contributed by atoms with E-state index in [1.807, 2.05) is 0 Å². The Bertz CT molecular complexity index is 749. The fourth-order valence-corrected chi connectivity index (χ4v) is 2.33. The van der Waals surface area contributed by atoms with E-state index >= 15 is 0 Å². The molecule has 0 bridgehead atoms. The SMILES string of the molecule is O=C(NC(=S)Nc1ccccc1C(=O)[O-])c1cccc(Br)c1. The third-order valence-corrected chi connectivity index (χ3v) is 3.41. The number of halogens is 1. The van der Waals surface area contributed by atoms with Gasteiger partial charge in [0.1, 0.15) is 0 Å². The standard InChI is InChI=1S/C15H11BrN2O3S/c16-10-5-3-4-9(8-10)13(19)18-15(22)17-12-7-2-1-6-11(12)14(20)21/h1-8H,(H,20,21)(H2,17,18,19,22)/p-1. The summed E-state index contributed by atoms with van der Waals surface area (Å²) >= 11 is 8.30. The number of carbonyl (C=O) groups is 2. The van der Waals surface area contributed by atoms with Crippen LogP contribution in [0.15, 0.2) is 53.0 Å². The fourth-order valence-electron chi connectivity index (χ4n) is 1.73. The topological polar surface area (TPSA) is 81.3 Å². The van der Waals surface area contributed by atoms with Crippen molar-refractivity contribution in [3.05, 3.63) is 64.1 Å². The second kappa shape index (κ2) is 7.15. The van der Waals surface area contributed by atoms with Gasteiger partial charge < -0.3 is 15.2 Å². The molecular weight excluding hydrogens is 368 g/mol. The fraction of sp³-hybridized carbons (Fsp3) is 0. The van der Waals surface area contributed by atoms with E-state index in [9.17, 15) is 14.7 Å². The summed E-state index contributed by atoms with van der Waals surface area (Å²) in [5.41, 5.74) is 0.635. The zero-order chi connectivity index (χ0) is 16.1. The average Bonchev–Trinajstić information content (AvgIpc) is 2.47. The highest BCUT2D eigenvalue weighted by molar-refractivity contribution is 9.10. The molecular formula is C15H10BrN2O3S-. The number of benzene rings is 2. The highest BCUT2D eigenvalue weighted by atomic mass is 79.9. The zero-order valence-electron chi connectivity index (χ0n) is 11.1. The van der Waals surface area contributed by atoms with Crippen LogP contribution in [0.25, 0.3) is 0 Å². The monoisotopic (exact) mass is 377 g/mol. The van der Waals surface area contributed by atoms with Gasteiger partial charge in [-0.25, -0.2) is 0 Å². The van der Waals surface area contributed by atoms with E-state index in [1.165, 1.54) is 12.1 Å². The average molecular weight is 378 g/mol. The maximum atomic E-state index is 12.0. The molecule has 0 heterocycles. The van der Waals surface area contributed by atoms with Crippen molar-refractivity contribution < 1.29 is 14.7 Å². The number of rotatable bonds is 3. The second-order valence-corrected chi connectivity index (χ2v) is 5.58. The summed E-state index contributed by atoms with van der Waals surface area (Å²) in [6.07, 6.45) is 0. The number of hydrogen-bond acceptors (Lipinski definition) is 4. The summed E-state index contributed by atoms with van der Waals surface area (Å²) < 4.78 is 0.765. The number of nitrogens with one attached hydrogen (secondary N) is 2.